The number of carbonyl (C=O) groups excluding carboxylic acids is 1. The van der Waals surface area contributed by atoms with Gasteiger partial charge in [0, 0.05) is 0 Å². The molecule has 0 amide bonds. The standard InChI is InChI=1S/C14H24O5/c1-6-7-9(15)12-11(16)10(8(2)18-12)13(17)19-14(3,4)5/h9,11-12,15-16H,6-7H2,1-5H3/t9-,11+,12-/m1/s1. The molecule has 1 aliphatic heterocycles. The Labute approximate surface area is 114 Å². The molecule has 1 rings (SSSR count). The first-order chi connectivity index (χ1) is 8.67. The molecule has 0 unspecified atom stereocenters. The average molecular weight is 272 g/mol. The molecule has 19 heavy (non-hydrogen) atoms. The maximum Gasteiger partial charge on any atom is 0.340 e. The van der Waals surface area contributed by atoms with Gasteiger partial charge in [0.05, 0.1) is 6.10 Å². The Morgan fingerprint density at radius 3 is 2.53 bits per heavy atom. The van der Waals surface area contributed by atoms with Crippen molar-refractivity contribution in [1.29, 1.82) is 0 Å². The first-order valence-electron chi connectivity index (χ1n) is 6.64. The number of rotatable bonds is 4. The second kappa shape index (κ2) is 5.92. The van der Waals surface area contributed by atoms with Gasteiger partial charge in [0.15, 0.2) is 6.10 Å². The summed E-state index contributed by atoms with van der Waals surface area (Å²) in [4.78, 5) is 12.0. The van der Waals surface area contributed by atoms with Crippen LogP contribution in [0, 0.1) is 0 Å². The zero-order valence-corrected chi connectivity index (χ0v) is 12.3. The Balaban J connectivity index is 2.80. The lowest BCUT2D eigenvalue weighted by Gasteiger charge is -2.23. The van der Waals surface area contributed by atoms with E-state index in [9.17, 15) is 15.0 Å². The zero-order chi connectivity index (χ0) is 14.8. The number of esters is 1. The minimum atomic E-state index is -1.14. The Hall–Kier alpha value is -1.07. The van der Waals surface area contributed by atoms with Gasteiger partial charge in [0.25, 0.3) is 0 Å². The van der Waals surface area contributed by atoms with Crippen LogP contribution in [0.3, 0.4) is 0 Å². The first kappa shape index (κ1) is 16.0. The van der Waals surface area contributed by atoms with Gasteiger partial charge in [-0.25, -0.2) is 4.79 Å². The van der Waals surface area contributed by atoms with Crippen LogP contribution in [-0.2, 0) is 14.3 Å². The molecule has 5 nitrogen and oxygen atoms in total. The van der Waals surface area contributed by atoms with Crippen LogP contribution in [0.5, 0.6) is 0 Å². The normalized spacial score (nSPS) is 25.2. The Morgan fingerprint density at radius 2 is 2.05 bits per heavy atom. The maximum absolute atomic E-state index is 12.0. The maximum atomic E-state index is 12.0. The summed E-state index contributed by atoms with van der Waals surface area (Å²) in [7, 11) is 0. The highest BCUT2D eigenvalue weighted by molar-refractivity contribution is 5.91. The molecule has 1 aliphatic rings. The summed E-state index contributed by atoms with van der Waals surface area (Å²) in [6, 6.07) is 0. The molecule has 0 aliphatic carbocycles. The van der Waals surface area contributed by atoms with Crippen molar-refractivity contribution in [2.75, 3.05) is 0 Å². The van der Waals surface area contributed by atoms with Gasteiger partial charge in [-0.1, -0.05) is 13.3 Å². The van der Waals surface area contributed by atoms with E-state index in [1.165, 1.54) is 0 Å². The molecule has 0 bridgehead atoms. The summed E-state index contributed by atoms with van der Waals surface area (Å²) in [6.07, 6.45) is -1.45. The molecule has 0 aromatic carbocycles. The van der Waals surface area contributed by atoms with E-state index >= 15 is 0 Å². The van der Waals surface area contributed by atoms with E-state index < -0.39 is 29.9 Å². The van der Waals surface area contributed by atoms with Crippen LogP contribution in [0.15, 0.2) is 11.3 Å². The lowest BCUT2D eigenvalue weighted by molar-refractivity contribution is -0.151. The van der Waals surface area contributed by atoms with E-state index in [-0.39, 0.29) is 5.57 Å². The molecule has 0 radical (unpaired) electrons. The number of aliphatic hydroxyl groups is 2. The SMILES string of the molecule is CCC[C@@H](O)[C@H]1OC(C)=C(C(=O)OC(C)(C)C)[C@@H]1O. The number of hydrogen-bond acceptors (Lipinski definition) is 5. The fraction of sp³-hybridized carbons (Fsp3) is 0.786. The van der Waals surface area contributed by atoms with E-state index in [1.807, 2.05) is 6.92 Å². The zero-order valence-electron chi connectivity index (χ0n) is 12.3. The van der Waals surface area contributed by atoms with Crippen molar-refractivity contribution >= 4 is 5.97 Å². The molecular formula is C14H24O5. The Morgan fingerprint density at radius 1 is 1.47 bits per heavy atom. The van der Waals surface area contributed by atoms with Crippen LogP contribution in [0.25, 0.3) is 0 Å². The molecule has 0 saturated heterocycles. The molecule has 5 heteroatoms. The van der Waals surface area contributed by atoms with Crippen molar-refractivity contribution in [3.8, 4) is 0 Å². The summed E-state index contributed by atoms with van der Waals surface area (Å²) < 4.78 is 10.6. The molecule has 0 spiro atoms. The highest BCUT2D eigenvalue weighted by Gasteiger charge is 2.42. The molecule has 0 saturated carbocycles. The van der Waals surface area contributed by atoms with Crippen LogP contribution in [-0.4, -0.2) is 40.1 Å². The molecule has 110 valence electrons. The lowest BCUT2D eigenvalue weighted by atomic mass is 9.99. The highest BCUT2D eigenvalue weighted by Crippen LogP contribution is 2.30. The summed E-state index contributed by atoms with van der Waals surface area (Å²) in [5.74, 6) is -0.273. The quantitative estimate of drug-likeness (QED) is 0.759. The van der Waals surface area contributed by atoms with E-state index in [2.05, 4.69) is 0 Å². The van der Waals surface area contributed by atoms with E-state index in [0.717, 1.165) is 6.42 Å². The predicted molar refractivity (Wildman–Crippen MR) is 70.3 cm³/mol. The van der Waals surface area contributed by atoms with Gasteiger partial charge < -0.3 is 19.7 Å². The second-order valence-electron chi connectivity index (χ2n) is 5.86. The van der Waals surface area contributed by atoms with Gasteiger partial charge in [-0.05, 0) is 34.1 Å². The third-order valence-corrected chi connectivity index (χ3v) is 2.88. The number of carbonyl (C=O) groups is 1. The monoisotopic (exact) mass is 272 g/mol. The molecule has 2 N–H and O–H groups in total. The Bertz CT molecular complexity index is 367. The van der Waals surface area contributed by atoms with E-state index in [0.29, 0.717) is 12.2 Å². The van der Waals surface area contributed by atoms with Gasteiger partial charge in [-0.3, -0.25) is 0 Å². The van der Waals surface area contributed by atoms with Gasteiger partial charge in [-0.15, -0.1) is 0 Å². The molecule has 3 atom stereocenters. The van der Waals surface area contributed by atoms with E-state index in [4.69, 9.17) is 9.47 Å². The van der Waals surface area contributed by atoms with Crippen LogP contribution in [0.2, 0.25) is 0 Å². The lowest BCUT2D eigenvalue weighted by Crippen LogP contribution is -2.38. The number of ether oxygens (including phenoxy) is 2. The molecule has 0 fully saturated rings. The summed E-state index contributed by atoms with van der Waals surface area (Å²) >= 11 is 0. The topological polar surface area (TPSA) is 76.0 Å². The average Bonchev–Trinajstić information content (AvgIpc) is 2.52. The summed E-state index contributed by atoms with van der Waals surface area (Å²) in [5, 5.41) is 20.0. The first-order valence-corrected chi connectivity index (χ1v) is 6.64. The van der Waals surface area contributed by atoms with Crippen molar-refractivity contribution in [2.45, 2.75) is 71.4 Å². The summed E-state index contributed by atoms with van der Waals surface area (Å²) in [6.45, 7) is 8.80. The van der Waals surface area contributed by atoms with Crippen LogP contribution >= 0.6 is 0 Å². The van der Waals surface area contributed by atoms with Crippen molar-refractivity contribution in [3.63, 3.8) is 0 Å². The number of allylic oxidation sites excluding steroid dienone is 1. The van der Waals surface area contributed by atoms with Gasteiger partial charge >= 0.3 is 5.97 Å². The molecule has 1 heterocycles. The van der Waals surface area contributed by atoms with Crippen LogP contribution in [0.4, 0.5) is 0 Å². The third kappa shape index (κ3) is 3.94. The Kier molecular flexibility index (Phi) is 4.98. The fourth-order valence-corrected chi connectivity index (χ4v) is 2.05. The van der Waals surface area contributed by atoms with Crippen molar-refractivity contribution in [3.05, 3.63) is 11.3 Å². The van der Waals surface area contributed by atoms with Crippen molar-refractivity contribution in [2.24, 2.45) is 0 Å². The third-order valence-electron chi connectivity index (χ3n) is 2.88. The number of hydrogen-bond donors (Lipinski definition) is 2. The molecule has 0 aromatic heterocycles. The fourth-order valence-electron chi connectivity index (χ4n) is 2.05. The second-order valence-corrected chi connectivity index (χ2v) is 5.86. The molecular weight excluding hydrogens is 248 g/mol. The van der Waals surface area contributed by atoms with Crippen LogP contribution < -0.4 is 0 Å². The molecule has 0 aromatic rings. The van der Waals surface area contributed by atoms with Gasteiger partial charge in [-0.2, -0.15) is 0 Å². The minimum Gasteiger partial charge on any atom is -0.489 e. The van der Waals surface area contributed by atoms with E-state index in [1.54, 1.807) is 27.7 Å². The number of aliphatic hydroxyl groups excluding tert-OH is 2. The van der Waals surface area contributed by atoms with Gasteiger partial charge in [0.1, 0.15) is 23.0 Å². The van der Waals surface area contributed by atoms with Gasteiger partial charge in [0.2, 0.25) is 0 Å². The summed E-state index contributed by atoms with van der Waals surface area (Å²) in [5.41, 5.74) is -0.528. The predicted octanol–water partition coefficient (Wildman–Crippen LogP) is 1.52. The van der Waals surface area contributed by atoms with Crippen molar-refractivity contribution in [1.82, 2.24) is 0 Å². The smallest absolute Gasteiger partial charge is 0.340 e. The highest BCUT2D eigenvalue weighted by atomic mass is 16.6. The minimum absolute atomic E-state index is 0.107. The largest absolute Gasteiger partial charge is 0.489 e. The van der Waals surface area contributed by atoms with Crippen molar-refractivity contribution < 1.29 is 24.5 Å². The van der Waals surface area contributed by atoms with Crippen LogP contribution in [0.1, 0.15) is 47.5 Å².